The van der Waals surface area contributed by atoms with E-state index in [0.29, 0.717) is 25.9 Å². The van der Waals surface area contributed by atoms with Crippen molar-refractivity contribution in [2.24, 2.45) is 0 Å². The molecule has 1 fully saturated rings. The number of anilines is 2. The second-order valence-electron chi connectivity index (χ2n) is 7.00. The Bertz CT molecular complexity index is 1020. The van der Waals surface area contributed by atoms with Crippen molar-refractivity contribution in [1.29, 1.82) is 0 Å². The molecule has 2 aromatic carbocycles. The maximum Gasteiger partial charge on any atom is 0.318 e. The molecule has 1 aromatic heterocycles. The van der Waals surface area contributed by atoms with Gasteiger partial charge in [0.1, 0.15) is 6.10 Å². The number of piperidine rings is 1. The summed E-state index contributed by atoms with van der Waals surface area (Å²) in [6.07, 6.45) is 2.18. The molecule has 0 bridgehead atoms. The van der Waals surface area contributed by atoms with E-state index >= 15 is 0 Å². The van der Waals surface area contributed by atoms with E-state index in [1.165, 1.54) is 5.39 Å². The molecule has 3 aromatic rings. The molecule has 1 aliphatic heterocycles. The lowest BCUT2D eigenvalue weighted by atomic mass is 10.1. The van der Waals surface area contributed by atoms with Crippen molar-refractivity contribution in [2.75, 3.05) is 30.7 Å². The van der Waals surface area contributed by atoms with Crippen molar-refractivity contribution in [2.45, 2.75) is 18.9 Å². The fourth-order valence-corrected chi connectivity index (χ4v) is 3.38. The fourth-order valence-electron chi connectivity index (χ4n) is 3.38. The third-order valence-corrected chi connectivity index (χ3v) is 5.01. The zero-order valence-electron chi connectivity index (χ0n) is 15.8. The first kappa shape index (κ1) is 18.9. The first-order valence-corrected chi connectivity index (χ1v) is 9.53. The topological polar surface area (TPSA) is 93.4 Å². The number of likely N-dealkylation sites (tertiary alicyclic amines) is 1. The predicted molar refractivity (Wildman–Crippen MR) is 109 cm³/mol. The number of nitrogens with one attached hydrogen (secondary N) is 1. The molecule has 29 heavy (non-hydrogen) atoms. The summed E-state index contributed by atoms with van der Waals surface area (Å²) in [5, 5.41) is 5.50. The second kappa shape index (κ2) is 8.30. The number of nitrogens with zero attached hydrogens (tertiary/aromatic N) is 3. The molecule has 150 valence electrons. The van der Waals surface area contributed by atoms with Gasteiger partial charge in [-0.2, -0.15) is 4.98 Å². The molecule has 1 aliphatic rings. The molecule has 0 aliphatic carbocycles. The molecular weight excluding hydrogens is 373 g/mol. The van der Waals surface area contributed by atoms with Crippen LogP contribution in [0.3, 0.4) is 0 Å². The summed E-state index contributed by atoms with van der Waals surface area (Å²) < 4.78 is 18.8. The highest BCUT2D eigenvalue weighted by atomic mass is 19.1. The van der Waals surface area contributed by atoms with Crippen LogP contribution in [0.15, 0.2) is 48.7 Å². The molecule has 0 saturated carbocycles. The Morgan fingerprint density at radius 1 is 1.21 bits per heavy atom. The molecule has 2 heterocycles. The fraction of sp³-hybridized carbons (Fsp3) is 0.286. The Morgan fingerprint density at radius 2 is 1.97 bits per heavy atom. The second-order valence-corrected chi connectivity index (χ2v) is 7.00. The van der Waals surface area contributed by atoms with E-state index in [-0.39, 0.29) is 30.4 Å². The van der Waals surface area contributed by atoms with Crippen molar-refractivity contribution in [3.05, 3.63) is 54.5 Å². The number of hydrogen-bond acceptors (Lipinski definition) is 6. The summed E-state index contributed by atoms with van der Waals surface area (Å²) in [4.78, 5) is 21.9. The van der Waals surface area contributed by atoms with Gasteiger partial charge >= 0.3 is 6.01 Å². The standard InChI is InChI=1S/C21H22FN5O2/c22-18-12-25-21(26-20(18)23)29-17-7-9-27(10-8-17)19(28)13-24-16-6-5-14-3-1-2-4-15(14)11-16/h1-6,11-12,17,24H,7-10,13H2,(H2,23,25,26). The van der Waals surface area contributed by atoms with Gasteiger partial charge in [0.25, 0.3) is 0 Å². The van der Waals surface area contributed by atoms with Gasteiger partial charge in [0.2, 0.25) is 5.91 Å². The number of fused-ring (bicyclic) bond motifs is 1. The van der Waals surface area contributed by atoms with Gasteiger partial charge in [-0.25, -0.2) is 9.37 Å². The van der Waals surface area contributed by atoms with Crippen molar-refractivity contribution in [3.63, 3.8) is 0 Å². The number of halogens is 1. The number of nitrogen functional groups attached to an aromatic ring is 1. The van der Waals surface area contributed by atoms with E-state index in [4.69, 9.17) is 10.5 Å². The molecule has 0 atom stereocenters. The number of hydrogen-bond donors (Lipinski definition) is 2. The zero-order valence-corrected chi connectivity index (χ0v) is 15.8. The Kier molecular flexibility index (Phi) is 5.41. The van der Waals surface area contributed by atoms with E-state index in [2.05, 4.69) is 21.4 Å². The molecule has 4 rings (SSSR count). The number of carbonyl (C=O) groups excluding carboxylic acids is 1. The molecule has 1 saturated heterocycles. The first-order valence-electron chi connectivity index (χ1n) is 9.53. The summed E-state index contributed by atoms with van der Waals surface area (Å²) in [5.41, 5.74) is 6.35. The number of aromatic nitrogens is 2. The van der Waals surface area contributed by atoms with Crippen LogP contribution in [-0.2, 0) is 4.79 Å². The van der Waals surface area contributed by atoms with E-state index in [1.54, 1.807) is 0 Å². The van der Waals surface area contributed by atoms with Crippen LogP contribution < -0.4 is 15.8 Å². The predicted octanol–water partition coefficient (Wildman–Crippen LogP) is 2.83. The third kappa shape index (κ3) is 4.53. The van der Waals surface area contributed by atoms with Gasteiger partial charge in [-0.3, -0.25) is 4.79 Å². The van der Waals surface area contributed by atoms with Crippen LogP contribution >= 0.6 is 0 Å². The molecule has 0 radical (unpaired) electrons. The van der Waals surface area contributed by atoms with Crippen LogP contribution in [0.25, 0.3) is 10.8 Å². The minimum Gasteiger partial charge on any atom is -0.460 e. The monoisotopic (exact) mass is 395 g/mol. The van der Waals surface area contributed by atoms with E-state index in [0.717, 1.165) is 17.3 Å². The van der Waals surface area contributed by atoms with Gasteiger partial charge in [-0.1, -0.05) is 30.3 Å². The molecule has 8 heteroatoms. The highest BCUT2D eigenvalue weighted by Crippen LogP contribution is 2.20. The first-order chi connectivity index (χ1) is 14.1. The highest BCUT2D eigenvalue weighted by Gasteiger charge is 2.24. The molecule has 7 nitrogen and oxygen atoms in total. The Morgan fingerprint density at radius 3 is 2.72 bits per heavy atom. The lowest BCUT2D eigenvalue weighted by Gasteiger charge is -2.31. The quantitative estimate of drug-likeness (QED) is 0.690. The third-order valence-electron chi connectivity index (χ3n) is 5.01. The minimum atomic E-state index is -0.670. The number of benzene rings is 2. The Balaban J connectivity index is 1.26. The Hall–Kier alpha value is -3.42. The van der Waals surface area contributed by atoms with Crippen molar-refractivity contribution in [1.82, 2.24) is 14.9 Å². The maximum absolute atomic E-state index is 13.1. The van der Waals surface area contributed by atoms with Crippen LogP contribution in [0.1, 0.15) is 12.8 Å². The lowest BCUT2D eigenvalue weighted by molar-refractivity contribution is -0.131. The normalized spacial score (nSPS) is 14.7. The van der Waals surface area contributed by atoms with Crippen molar-refractivity contribution >= 4 is 28.2 Å². The van der Waals surface area contributed by atoms with Crippen molar-refractivity contribution in [3.8, 4) is 6.01 Å². The van der Waals surface area contributed by atoms with Gasteiger partial charge in [0.15, 0.2) is 11.6 Å². The van der Waals surface area contributed by atoms with Gasteiger partial charge in [0.05, 0.1) is 12.7 Å². The molecule has 3 N–H and O–H groups in total. The van der Waals surface area contributed by atoms with E-state index < -0.39 is 5.82 Å². The van der Waals surface area contributed by atoms with Gasteiger partial charge in [-0.05, 0) is 22.9 Å². The van der Waals surface area contributed by atoms with Crippen LogP contribution in [0.4, 0.5) is 15.9 Å². The summed E-state index contributed by atoms with van der Waals surface area (Å²) in [6.45, 7) is 1.40. The van der Waals surface area contributed by atoms with Crippen LogP contribution in [0.2, 0.25) is 0 Å². The van der Waals surface area contributed by atoms with Crippen LogP contribution in [0, 0.1) is 5.82 Å². The number of ether oxygens (including phenoxy) is 1. The van der Waals surface area contributed by atoms with Gasteiger partial charge < -0.3 is 20.7 Å². The maximum atomic E-state index is 13.1. The summed E-state index contributed by atoms with van der Waals surface area (Å²) >= 11 is 0. The van der Waals surface area contributed by atoms with Crippen LogP contribution in [-0.4, -0.2) is 46.5 Å². The molecular formula is C21H22FN5O2. The van der Waals surface area contributed by atoms with Crippen LogP contribution in [0.5, 0.6) is 6.01 Å². The largest absolute Gasteiger partial charge is 0.460 e. The molecule has 1 amide bonds. The average Bonchev–Trinajstić information content (AvgIpc) is 2.75. The summed E-state index contributed by atoms with van der Waals surface area (Å²) in [6, 6.07) is 14.2. The number of amides is 1. The van der Waals surface area contributed by atoms with Gasteiger partial charge in [-0.15, -0.1) is 0 Å². The SMILES string of the molecule is Nc1nc(OC2CCN(C(=O)CNc3ccc4ccccc4c3)CC2)ncc1F. The smallest absolute Gasteiger partial charge is 0.318 e. The molecule has 0 unspecified atom stereocenters. The summed E-state index contributed by atoms with van der Waals surface area (Å²) in [5.74, 6) is -0.863. The van der Waals surface area contributed by atoms with E-state index in [9.17, 15) is 9.18 Å². The van der Waals surface area contributed by atoms with Crippen molar-refractivity contribution < 1.29 is 13.9 Å². The Labute approximate surface area is 167 Å². The minimum absolute atomic E-state index is 0.0406. The zero-order chi connectivity index (χ0) is 20.2. The highest BCUT2D eigenvalue weighted by molar-refractivity contribution is 5.87. The number of rotatable bonds is 5. The number of nitrogens with two attached hydrogens (primary N) is 1. The lowest BCUT2D eigenvalue weighted by Crippen LogP contribution is -2.44. The molecule has 0 spiro atoms. The number of carbonyl (C=O) groups is 1. The summed E-state index contributed by atoms with van der Waals surface area (Å²) in [7, 11) is 0. The average molecular weight is 395 g/mol. The van der Waals surface area contributed by atoms with E-state index in [1.807, 2.05) is 41.3 Å². The van der Waals surface area contributed by atoms with Gasteiger partial charge in [0, 0.05) is 31.6 Å².